The standard InChI is InChI=1S/C24H27N5O3S/c1-16-12-17(2)14-20(13-16)25-21(30)15-33-24-28-27-22(32-24)18-8-10-29(11-9-18)23(31)26-19-6-4-3-5-7-19/h3-7,12-14,18H,8-11,15H2,1-2H3,(H,25,30)(H,26,31). The van der Waals surface area contributed by atoms with Gasteiger partial charge in [0.25, 0.3) is 5.22 Å². The Morgan fingerprint density at radius 1 is 1.00 bits per heavy atom. The molecule has 2 heterocycles. The van der Waals surface area contributed by atoms with Crippen molar-refractivity contribution in [3.63, 3.8) is 0 Å². The molecule has 1 saturated heterocycles. The molecule has 0 radical (unpaired) electrons. The zero-order valence-electron chi connectivity index (χ0n) is 18.7. The highest BCUT2D eigenvalue weighted by Crippen LogP contribution is 2.29. The van der Waals surface area contributed by atoms with Gasteiger partial charge in [-0.25, -0.2) is 4.79 Å². The second-order valence-electron chi connectivity index (χ2n) is 8.18. The number of hydrogen-bond acceptors (Lipinski definition) is 6. The number of carbonyl (C=O) groups excluding carboxylic acids is 2. The zero-order chi connectivity index (χ0) is 23.2. The second-order valence-corrected chi connectivity index (χ2v) is 9.10. The number of urea groups is 1. The van der Waals surface area contributed by atoms with Crippen LogP contribution >= 0.6 is 11.8 Å². The molecular weight excluding hydrogens is 438 g/mol. The van der Waals surface area contributed by atoms with Gasteiger partial charge >= 0.3 is 6.03 Å². The number of piperidine rings is 1. The molecule has 0 unspecified atom stereocenters. The lowest BCUT2D eigenvalue weighted by molar-refractivity contribution is -0.113. The average Bonchev–Trinajstić information content (AvgIpc) is 3.27. The van der Waals surface area contributed by atoms with Gasteiger partial charge in [0, 0.05) is 30.4 Å². The summed E-state index contributed by atoms with van der Waals surface area (Å²) in [6.45, 7) is 5.23. The van der Waals surface area contributed by atoms with Crippen LogP contribution in [-0.2, 0) is 4.79 Å². The maximum Gasteiger partial charge on any atom is 0.321 e. The van der Waals surface area contributed by atoms with Crippen LogP contribution in [0.15, 0.2) is 58.2 Å². The molecule has 2 aromatic carbocycles. The highest BCUT2D eigenvalue weighted by Gasteiger charge is 2.27. The summed E-state index contributed by atoms with van der Waals surface area (Å²) in [6, 6.07) is 15.3. The van der Waals surface area contributed by atoms with E-state index in [-0.39, 0.29) is 23.6 Å². The predicted molar refractivity (Wildman–Crippen MR) is 129 cm³/mol. The largest absolute Gasteiger partial charge is 0.416 e. The Labute approximate surface area is 197 Å². The number of carbonyl (C=O) groups is 2. The summed E-state index contributed by atoms with van der Waals surface area (Å²) < 4.78 is 5.80. The zero-order valence-corrected chi connectivity index (χ0v) is 19.5. The Kier molecular flexibility index (Phi) is 7.29. The van der Waals surface area contributed by atoms with Gasteiger partial charge in [-0.15, -0.1) is 10.2 Å². The minimum absolute atomic E-state index is 0.101. The lowest BCUT2D eigenvalue weighted by atomic mass is 9.97. The number of benzene rings is 2. The SMILES string of the molecule is Cc1cc(C)cc(NC(=O)CSc2nnc(C3CCN(C(=O)Nc4ccccc4)CC3)o2)c1. The summed E-state index contributed by atoms with van der Waals surface area (Å²) in [5.41, 5.74) is 3.77. The van der Waals surface area contributed by atoms with Crippen LogP contribution in [0, 0.1) is 13.8 Å². The minimum Gasteiger partial charge on any atom is -0.416 e. The summed E-state index contributed by atoms with van der Waals surface area (Å²) >= 11 is 1.22. The number of nitrogens with zero attached hydrogens (tertiary/aromatic N) is 3. The van der Waals surface area contributed by atoms with Gasteiger partial charge in [0.1, 0.15) is 0 Å². The van der Waals surface area contributed by atoms with Crippen LogP contribution < -0.4 is 10.6 Å². The van der Waals surface area contributed by atoms with Crippen molar-refractivity contribution in [2.45, 2.75) is 37.8 Å². The highest BCUT2D eigenvalue weighted by atomic mass is 32.2. The maximum absolute atomic E-state index is 12.5. The van der Waals surface area contributed by atoms with E-state index in [1.54, 1.807) is 4.90 Å². The molecule has 1 aromatic heterocycles. The molecule has 0 aliphatic carbocycles. The molecule has 33 heavy (non-hydrogen) atoms. The van der Waals surface area contributed by atoms with Crippen LogP contribution in [0.4, 0.5) is 16.2 Å². The monoisotopic (exact) mass is 465 g/mol. The van der Waals surface area contributed by atoms with Crippen LogP contribution in [-0.4, -0.2) is 45.9 Å². The van der Waals surface area contributed by atoms with Crippen molar-refractivity contribution >= 4 is 35.1 Å². The number of anilines is 2. The van der Waals surface area contributed by atoms with E-state index >= 15 is 0 Å². The Morgan fingerprint density at radius 3 is 2.39 bits per heavy atom. The minimum atomic E-state index is -0.123. The van der Waals surface area contributed by atoms with Crippen LogP contribution in [0.3, 0.4) is 0 Å². The van der Waals surface area contributed by atoms with Crippen molar-refractivity contribution < 1.29 is 14.0 Å². The molecule has 4 rings (SSSR count). The molecule has 0 spiro atoms. The number of para-hydroxylation sites is 1. The fourth-order valence-electron chi connectivity index (χ4n) is 3.87. The molecular formula is C24H27N5O3S. The fourth-order valence-corrected chi connectivity index (χ4v) is 4.44. The molecule has 2 N–H and O–H groups in total. The first kappa shape index (κ1) is 22.8. The summed E-state index contributed by atoms with van der Waals surface area (Å²) in [7, 11) is 0. The number of nitrogens with one attached hydrogen (secondary N) is 2. The number of thioether (sulfide) groups is 1. The number of rotatable bonds is 6. The van der Waals surface area contributed by atoms with Crippen molar-refractivity contribution in [3.8, 4) is 0 Å². The first-order chi connectivity index (χ1) is 16.0. The normalized spacial score (nSPS) is 14.2. The van der Waals surface area contributed by atoms with Crippen LogP contribution in [0.2, 0.25) is 0 Å². The van der Waals surface area contributed by atoms with Gasteiger partial charge in [0.2, 0.25) is 11.8 Å². The van der Waals surface area contributed by atoms with E-state index < -0.39 is 0 Å². The molecule has 9 heteroatoms. The van der Waals surface area contributed by atoms with Gasteiger partial charge in [-0.3, -0.25) is 4.79 Å². The molecule has 1 fully saturated rings. The third kappa shape index (κ3) is 6.35. The number of hydrogen-bond donors (Lipinski definition) is 2. The summed E-state index contributed by atoms with van der Waals surface area (Å²) in [5, 5.41) is 14.5. The van der Waals surface area contributed by atoms with E-state index in [2.05, 4.69) is 26.9 Å². The van der Waals surface area contributed by atoms with Gasteiger partial charge < -0.3 is 20.0 Å². The third-order valence-electron chi connectivity index (χ3n) is 5.41. The average molecular weight is 466 g/mol. The molecule has 1 aliphatic heterocycles. The van der Waals surface area contributed by atoms with E-state index in [9.17, 15) is 9.59 Å². The molecule has 172 valence electrons. The lowest BCUT2D eigenvalue weighted by Gasteiger charge is -2.30. The number of aromatic nitrogens is 2. The van der Waals surface area contributed by atoms with E-state index in [1.807, 2.05) is 56.3 Å². The smallest absolute Gasteiger partial charge is 0.321 e. The molecule has 3 aromatic rings. The first-order valence-corrected chi connectivity index (χ1v) is 11.9. The van der Waals surface area contributed by atoms with Crippen molar-refractivity contribution in [1.82, 2.24) is 15.1 Å². The van der Waals surface area contributed by atoms with E-state index in [0.29, 0.717) is 24.2 Å². The molecule has 0 bridgehead atoms. The van der Waals surface area contributed by atoms with Crippen molar-refractivity contribution in [3.05, 3.63) is 65.5 Å². The lowest BCUT2D eigenvalue weighted by Crippen LogP contribution is -2.40. The van der Waals surface area contributed by atoms with E-state index in [0.717, 1.165) is 35.3 Å². The topological polar surface area (TPSA) is 100 Å². The quantitative estimate of drug-likeness (QED) is 0.506. The van der Waals surface area contributed by atoms with Crippen LogP contribution in [0.5, 0.6) is 0 Å². The van der Waals surface area contributed by atoms with Gasteiger partial charge in [-0.2, -0.15) is 0 Å². The van der Waals surface area contributed by atoms with Crippen LogP contribution in [0.1, 0.15) is 35.8 Å². The van der Waals surface area contributed by atoms with Gasteiger partial charge in [0.05, 0.1) is 5.75 Å². The molecule has 8 nitrogen and oxygen atoms in total. The Morgan fingerprint density at radius 2 is 1.70 bits per heavy atom. The van der Waals surface area contributed by atoms with E-state index in [4.69, 9.17) is 4.42 Å². The summed E-state index contributed by atoms with van der Waals surface area (Å²) in [5.74, 6) is 0.738. The number of likely N-dealkylation sites (tertiary alicyclic amines) is 1. The van der Waals surface area contributed by atoms with Crippen LogP contribution in [0.25, 0.3) is 0 Å². The Bertz CT molecular complexity index is 1090. The second kappa shape index (κ2) is 10.5. The van der Waals surface area contributed by atoms with Crippen molar-refractivity contribution in [1.29, 1.82) is 0 Å². The number of amides is 3. The summed E-state index contributed by atoms with van der Waals surface area (Å²) in [4.78, 5) is 26.5. The Hall–Kier alpha value is -3.33. The fraction of sp³-hybridized carbons (Fsp3) is 0.333. The Balaban J connectivity index is 1.23. The molecule has 0 atom stereocenters. The van der Waals surface area contributed by atoms with Gasteiger partial charge in [-0.05, 0) is 62.1 Å². The van der Waals surface area contributed by atoms with Gasteiger partial charge in [-0.1, -0.05) is 36.0 Å². The van der Waals surface area contributed by atoms with Gasteiger partial charge in [0.15, 0.2) is 0 Å². The maximum atomic E-state index is 12.5. The highest BCUT2D eigenvalue weighted by molar-refractivity contribution is 7.99. The summed E-state index contributed by atoms with van der Waals surface area (Å²) in [6.07, 6.45) is 1.50. The predicted octanol–water partition coefficient (Wildman–Crippen LogP) is 4.83. The first-order valence-electron chi connectivity index (χ1n) is 10.9. The molecule has 1 aliphatic rings. The molecule has 0 saturated carbocycles. The molecule has 3 amide bonds. The third-order valence-corrected chi connectivity index (χ3v) is 6.23. The van der Waals surface area contributed by atoms with Crippen molar-refractivity contribution in [2.75, 3.05) is 29.5 Å². The van der Waals surface area contributed by atoms with E-state index in [1.165, 1.54) is 11.8 Å². The number of aryl methyl sites for hydroxylation is 2. The van der Waals surface area contributed by atoms with Crippen molar-refractivity contribution in [2.24, 2.45) is 0 Å².